The molecule has 2 atom stereocenters. The minimum Gasteiger partial charge on any atom is -0.486 e. The van der Waals surface area contributed by atoms with E-state index in [4.69, 9.17) is 9.47 Å². The molecule has 0 aromatic heterocycles. The maximum Gasteiger partial charge on any atom is 0.163 e. The van der Waals surface area contributed by atoms with Crippen LogP contribution >= 0.6 is 0 Å². The molecule has 2 unspecified atom stereocenters. The molecule has 0 amide bonds. The Labute approximate surface area is 108 Å². The second-order valence-corrected chi connectivity index (χ2v) is 5.20. The average molecular weight is 248 g/mol. The summed E-state index contributed by atoms with van der Waals surface area (Å²) in [7, 11) is 0. The summed E-state index contributed by atoms with van der Waals surface area (Å²) in [6.07, 6.45) is 0. The summed E-state index contributed by atoms with van der Waals surface area (Å²) in [6, 6.07) is 7.27. The van der Waals surface area contributed by atoms with Gasteiger partial charge in [0.05, 0.1) is 0 Å². The molecule has 98 valence electrons. The summed E-state index contributed by atoms with van der Waals surface area (Å²) in [5.41, 5.74) is 1.22. The normalized spacial score (nSPS) is 27.1. The van der Waals surface area contributed by atoms with E-state index < -0.39 is 0 Å². The fourth-order valence-electron chi connectivity index (χ4n) is 2.77. The lowest BCUT2D eigenvalue weighted by molar-refractivity contribution is 0.171. The predicted molar refractivity (Wildman–Crippen MR) is 71.7 cm³/mol. The molecular formula is C14H20N2O2. The number of ether oxygens (including phenoxy) is 2. The van der Waals surface area contributed by atoms with Crippen LogP contribution in [0.4, 0.5) is 5.69 Å². The molecule has 0 radical (unpaired) electrons. The molecule has 0 spiro atoms. The molecule has 2 aliphatic heterocycles. The van der Waals surface area contributed by atoms with Gasteiger partial charge in [-0.25, -0.2) is 0 Å². The molecule has 2 heterocycles. The zero-order valence-corrected chi connectivity index (χ0v) is 11.0. The second kappa shape index (κ2) is 4.69. The van der Waals surface area contributed by atoms with E-state index in [0.29, 0.717) is 25.3 Å². The molecule has 1 saturated heterocycles. The van der Waals surface area contributed by atoms with Crippen molar-refractivity contribution in [3.8, 4) is 11.5 Å². The maximum absolute atomic E-state index is 5.64. The van der Waals surface area contributed by atoms with Gasteiger partial charge in [0.15, 0.2) is 11.5 Å². The quantitative estimate of drug-likeness (QED) is 0.819. The van der Waals surface area contributed by atoms with E-state index in [1.807, 2.05) is 6.07 Å². The van der Waals surface area contributed by atoms with Crippen molar-refractivity contribution in [3.63, 3.8) is 0 Å². The topological polar surface area (TPSA) is 33.7 Å². The van der Waals surface area contributed by atoms with Gasteiger partial charge in [0.2, 0.25) is 0 Å². The van der Waals surface area contributed by atoms with E-state index in [-0.39, 0.29) is 0 Å². The third kappa shape index (κ3) is 2.25. The first-order valence-corrected chi connectivity index (χ1v) is 6.63. The highest BCUT2D eigenvalue weighted by molar-refractivity contribution is 5.57. The zero-order chi connectivity index (χ0) is 12.5. The Kier molecular flexibility index (Phi) is 3.04. The van der Waals surface area contributed by atoms with Crippen molar-refractivity contribution in [3.05, 3.63) is 18.2 Å². The third-order valence-corrected chi connectivity index (χ3v) is 3.45. The maximum atomic E-state index is 5.64. The number of hydrogen-bond acceptors (Lipinski definition) is 4. The van der Waals surface area contributed by atoms with Crippen molar-refractivity contribution < 1.29 is 9.47 Å². The first-order valence-electron chi connectivity index (χ1n) is 6.63. The van der Waals surface area contributed by atoms with E-state index in [9.17, 15) is 0 Å². The SMILES string of the molecule is CC1CN(c2ccc3c(c2)OCCO3)CC(C)N1. The van der Waals surface area contributed by atoms with Crippen LogP contribution < -0.4 is 19.7 Å². The van der Waals surface area contributed by atoms with Crippen molar-refractivity contribution in [2.24, 2.45) is 0 Å². The Bertz CT molecular complexity index is 426. The minimum atomic E-state index is 0.516. The lowest BCUT2D eigenvalue weighted by Crippen LogP contribution is -2.54. The van der Waals surface area contributed by atoms with Crippen LogP contribution in [0, 0.1) is 0 Å². The number of anilines is 1. The molecule has 0 aliphatic carbocycles. The summed E-state index contributed by atoms with van der Waals surface area (Å²) in [5, 5.41) is 3.54. The van der Waals surface area contributed by atoms with Gasteiger partial charge >= 0.3 is 0 Å². The Balaban J connectivity index is 1.83. The summed E-state index contributed by atoms with van der Waals surface area (Å²) in [5.74, 6) is 1.74. The Morgan fingerprint density at radius 3 is 2.44 bits per heavy atom. The lowest BCUT2D eigenvalue weighted by atomic mass is 10.1. The number of hydrogen-bond donors (Lipinski definition) is 1. The highest BCUT2D eigenvalue weighted by Gasteiger charge is 2.22. The van der Waals surface area contributed by atoms with Gasteiger partial charge in [-0.15, -0.1) is 0 Å². The van der Waals surface area contributed by atoms with Gasteiger partial charge in [0, 0.05) is 36.9 Å². The number of nitrogens with one attached hydrogen (secondary N) is 1. The summed E-state index contributed by atoms with van der Waals surface area (Å²) >= 11 is 0. The zero-order valence-electron chi connectivity index (χ0n) is 11.0. The molecule has 4 nitrogen and oxygen atoms in total. The van der Waals surface area contributed by atoms with E-state index >= 15 is 0 Å². The average Bonchev–Trinajstić information content (AvgIpc) is 2.37. The largest absolute Gasteiger partial charge is 0.486 e. The minimum absolute atomic E-state index is 0.516. The molecule has 1 N–H and O–H groups in total. The molecule has 1 aromatic rings. The third-order valence-electron chi connectivity index (χ3n) is 3.45. The van der Waals surface area contributed by atoms with Crippen LogP contribution in [0.1, 0.15) is 13.8 Å². The number of fused-ring (bicyclic) bond motifs is 1. The second-order valence-electron chi connectivity index (χ2n) is 5.20. The smallest absolute Gasteiger partial charge is 0.163 e. The van der Waals surface area contributed by atoms with Crippen molar-refractivity contribution in [1.29, 1.82) is 0 Å². The van der Waals surface area contributed by atoms with Gasteiger partial charge in [-0.2, -0.15) is 0 Å². The summed E-state index contributed by atoms with van der Waals surface area (Å²) < 4.78 is 11.2. The van der Waals surface area contributed by atoms with E-state index in [1.165, 1.54) is 5.69 Å². The van der Waals surface area contributed by atoms with Crippen molar-refractivity contribution in [1.82, 2.24) is 5.32 Å². The van der Waals surface area contributed by atoms with Gasteiger partial charge in [-0.05, 0) is 26.0 Å². The van der Waals surface area contributed by atoms with Crippen LogP contribution in [0.3, 0.4) is 0 Å². The van der Waals surface area contributed by atoms with E-state index in [0.717, 1.165) is 24.6 Å². The highest BCUT2D eigenvalue weighted by atomic mass is 16.6. The van der Waals surface area contributed by atoms with Gasteiger partial charge in [0.25, 0.3) is 0 Å². The van der Waals surface area contributed by atoms with Crippen molar-refractivity contribution in [2.75, 3.05) is 31.2 Å². The summed E-state index contributed by atoms with van der Waals surface area (Å²) in [6.45, 7) is 7.80. The molecule has 1 fully saturated rings. The van der Waals surface area contributed by atoms with Crippen LogP contribution in [0.15, 0.2) is 18.2 Å². The predicted octanol–water partition coefficient (Wildman–Crippen LogP) is 1.64. The van der Waals surface area contributed by atoms with Crippen LogP contribution in [0.2, 0.25) is 0 Å². The van der Waals surface area contributed by atoms with Gasteiger partial charge in [-0.1, -0.05) is 0 Å². The van der Waals surface area contributed by atoms with Crippen molar-refractivity contribution >= 4 is 5.69 Å². The van der Waals surface area contributed by atoms with Crippen molar-refractivity contribution in [2.45, 2.75) is 25.9 Å². The van der Waals surface area contributed by atoms with Crippen LogP contribution in [-0.4, -0.2) is 38.4 Å². The van der Waals surface area contributed by atoms with Gasteiger partial charge in [-0.3, -0.25) is 0 Å². The molecule has 3 rings (SSSR count). The van der Waals surface area contributed by atoms with Crippen LogP contribution in [0.5, 0.6) is 11.5 Å². The number of nitrogens with zero attached hydrogens (tertiary/aromatic N) is 1. The number of piperazine rings is 1. The first-order chi connectivity index (χ1) is 8.72. The molecule has 0 bridgehead atoms. The lowest BCUT2D eigenvalue weighted by Gasteiger charge is -2.38. The Hall–Kier alpha value is -1.42. The Morgan fingerprint density at radius 1 is 1.06 bits per heavy atom. The molecule has 2 aliphatic rings. The number of rotatable bonds is 1. The molecule has 1 aromatic carbocycles. The van der Waals surface area contributed by atoms with E-state index in [1.54, 1.807) is 0 Å². The standard InChI is InChI=1S/C14H20N2O2/c1-10-8-16(9-11(2)15-10)12-3-4-13-14(7-12)18-6-5-17-13/h3-4,7,10-11,15H,5-6,8-9H2,1-2H3. The summed E-state index contributed by atoms with van der Waals surface area (Å²) in [4.78, 5) is 2.41. The van der Waals surface area contributed by atoms with Gasteiger partial charge < -0.3 is 19.7 Å². The van der Waals surface area contributed by atoms with Gasteiger partial charge in [0.1, 0.15) is 13.2 Å². The number of benzene rings is 1. The van der Waals surface area contributed by atoms with Crippen LogP contribution in [0.25, 0.3) is 0 Å². The highest BCUT2D eigenvalue weighted by Crippen LogP contribution is 2.34. The fourth-order valence-corrected chi connectivity index (χ4v) is 2.77. The van der Waals surface area contributed by atoms with E-state index in [2.05, 4.69) is 36.2 Å². The Morgan fingerprint density at radius 2 is 1.72 bits per heavy atom. The van der Waals surface area contributed by atoms with Crippen LogP contribution in [-0.2, 0) is 0 Å². The molecule has 18 heavy (non-hydrogen) atoms. The molecule has 4 heteroatoms. The molecular weight excluding hydrogens is 228 g/mol. The first kappa shape index (κ1) is 11.7. The monoisotopic (exact) mass is 248 g/mol. The molecule has 0 saturated carbocycles. The fraction of sp³-hybridized carbons (Fsp3) is 0.571.